The Hall–Kier alpha value is -1.79. The third-order valence-electron chi connectivity index (χ3n) is 4.52. The first kappa shape index (κ1) is 22.3. The molecule has 0 aromatic heterocycles. The Balaban J connectivity index is 2.61. The van der Waals surface area contributed by atoms with Crippen molar-refractivity contribution in [3.05, 3.63) is 0 Å². The van der Waals surface area contributed by atoms with E-state index in [2.05, 4.69) is 5.32 Å². The minimum Gasteiger partial charge on any atom is -0.458 e. The summed E-state index contributed by atoms with van der Waals surface area (Å²) in [5, 5.41) is 2.80. The smallest absolute Gasteiger partial charge is 0.407 e. The Morgan fingerprint density at radius 2 is 1.69 bits per heavy atom. The SMILES string of the molecule is CCC(C)(C)OC(=O)CN(C)C(=O)[C@@H]1CCC[C@H]1NC(=O)OC(C)(C)C. The van der Waals surface area contributed by atoms with Crippen molar-refractivity contribution in [2.24, 2.45) is 5.92 Å². The summed E-state index contributed by atoms with van der Waals surface area (Å²) in [7, 11) is 1.59. The van der Waals surface area contributed by atoms with Crippen LogP contribution in [0.1, 0.15) is 67.2 Å². The molecule has 0 radical (unpaired) electrons. The molecule has 150 valence electrons. The van der Waals surface area contributed by atoms with E-state index in [9.17, 15) is 14.4 Å². The number of rotatable bonds is 6. The van der Waals surface area contributed by atoms with Crippen molar-refractivity contribution in [1.82, 2.24) is 10.2 Å². The number of likely N-dealkylation sites (N-methyl/N-ethyl adjacent to an activating group) is 1. The molecule has 2 amide bonds. The van der Waals surface area contributed by atoms with Gasteiger partial charge in [0, 0.05) is 13.1 Å². The van der Waals surface area contributed by atoms with Crippen LogP contribution in [-0.4, -0.2) is 53.7 Å². The van der Waals surface area contributed by atoms with Gasteiger partial charge < -0.3 is 19.7 Å². The molecular formula is C19H34N2O5. The molecule has 7 heteroatoms. The Bertz CT molecular complexity index is 525. The lowest BCUT2D eigenvalue weighted by Crippen LogP contribution is -2.47. The first-order chi connectivity index (χ1) is 11.8. The molecule has 0 unspecified atom stereocenters. The van der Waals surface area contributed by atoms with Crippen molar-refractivity contribution in [3.63, 3.8) is 0 Å². The van der Waals surface area contributed by atoms with Crippen LogP contribution >= 0.6 is 0 Å². The molecule has 1 saturated carbocycles. The van der Waals surface area contributed by atoms with Crippen molar-refractivity contribution in [2.45, 2.75) is 84.5 Å². The van der Waals surface area contributed by atoms with E-state index in [0.29, 0.717) is 12.8 Å². The van der Waals surface area contributed by atoms with E-state index in [0.717, 1.165) is 12.8 Å². The Morgan fingerprint density at radius 3 is 2.23 bits per heavy atom. The number of carbonyl (C=O) groups excluding carboxylic acids is 3. The van der Waals surface area contributed by atoms with E-state index in [1.807, 2.05) is 20.8 Å². The summed E-state index contributed by atoms with van der Waals surface area (Å²) >= 11 is 0. The highest BCUT2D eigenvalue weighted by atomic mass is 16.6. The van der Waals surface area contributed by atoms with E-state index in [1.54, 1.807) is 27.8 Å². The largest absolute Gasteiger partial charge is 0.458 e. The lowest BCUT2D eigenvalue weighted by molar-refractivity contribution is -0.160. The van der Waals surface area contributed by atoms with Gasteiger partial charge in [-0.3, -0.25) is 9.59 Å². The summed E-state index contributed by atoms with van der Waals surface area (Å²) < 4.78 is 10.7. The Labute approximate surface area is 156 Å². The van der Waals surface area contributed by atoms with Crippen molar-refractivity contribution in [3.8, 4) is 0 Å². The molecule has 0 saturated heterocycles. The molecule has 1 rings (SSSR count). The van der Waals surface area contributed by atoms with Crippen molar-refractivity contribution >= 4 is 18.0 Å². The number of nitrogens with zero attached hydrogens (tertiary/aromatic N) is 1. The molecule has 26 heavy (non-hydrogen) atoms. The maximum absolute atomic E-state index is 12.7. The van der Waals surface area contributed by atoms with Crippen LogP contribution in [0.15, 0.2) is 0 Å². The van der Waals surface area contributed by atoms with Gasteiger partial charge in [-0.2, -0.15) is 0 Å². The average molecular weight is 370 g/mol. The van der Waals surface area contributed by atoms with Gasteiger partial charge in [-0.05, 0) is 53.9 Å². The molecular weight excluding hydrogens is 336 g/mol. The predicted molar refractivity (Wildman–Crippen MR) is 98.6 cm³/mol. The van der Waals surface area contributed by atoms with Crippen LogP contribution < -0.4 is 5.32 Å². The normalized spacial score (nSPS) is 20.4. The number of nitrogens with one attached hydrogen (secondary N) is 1. The third kappa shape index (κ3) is 7.22. The number of esters is 1. The highest BCUT2D eigenvalue weighted by molar-refractivity contribution is 5.84. The molecule has 0 aromatic rings. The minimum absolute atomic E-state index is 0.0993. The Morgan fingerprint density at radius 1 is 1.08 bits per heavy atom. The number of hydrogen-bond acceptors (Lipinski definition) is 5. The molecule has 1 aliphatic rings. The van der Waals surface area contributed by atoms with Crippen LogP contribution in [-0.2, 0) is 19.1 Å². The second kappa shape index (κ2) is 8.73. The molecule has 0 spiro atoms. The van der Waals surface area contributed by atoms with Gasteiger partial charge in [0.1, 0.15) is 17.7 Å². The molecule has 1 aliphatic carbocycles. The molecule has 1 N–H and O–H groups in total. The van der Waals surface area contributed by atoms with Gasteiger partial charge in [0.05, 0.1) is 5.92 Å². The van der Waals surface area contributed by atoms with Crippen LogP contribution in [0.4, 0.5) is 4.79 Å². The minimum atomic E-state index is -0.588. The summed E-state index contributed by atoms with van der Waals surface area (Å²) in [4.78, 5) is 38.1. The van der Waals surface area contributed by atoms with Gasteiger partial charge in [-0.1, -0.05) is 13.3 Å². The second-order valence-electron chi connectivity index (χ2n) is 8.57. The molecule has 0 bridgehead atoms. The Kier molecular flexibility index (Phi) is 7.47. The first-order valence-electron chi connectivity index (χ1n) is 9.31. The fraction of sp³-hybridized carbons (Fsp3) is 0.842. The lowest BCUT2D eigenvalue weighted by Gasteiger charge is -2.28. The van der Waals surface area contributed by atoms with Gasteiger partial charge in [0.2, 0.25) is 5.91 Å². The number of hydrogen-bond donors (Lipinski definition) is 1. The fourth-order valence-electron chi connectivity index (χ4n) is 2.85. The number of amides is 2. The monoisotopic (exact) mass is 370 g/mol. The van der Waals surface area contributed by atoms with Crippen LogP contribution in [0.5, 0.6) is 0 Å². The zero-order valence-corrected chi connectivity index (χ0v) is 17.2. The molecule has 0 aliphatic heterocycles. The zero-order valence-electron chi connectivity index (χ0n) is 17.2. The topological polar surface area (TPSA) is 84.9 Å². The van der Waals surface area contributed by atoms with Crippen LogP contribution in [0.25, 0.3) is 0 Å². The van der Waals surface area contributed by atoms with E-state index in [4.69, 9.17) is 9.47 Å². The summed E-state index contributed by atoms with van der Waals surface area (Å²) in [6.07, 6.45) is 2.42. The summed E-state index contributed by atoms with van der Waals surface area (Å²) in [5.41, 5.74) is -1.13. The number of alkyl carbamates (subject to hydrolysis) is 1. The van der Waals surface area contributed by atoms with Crippen LogP contribution in [0.2, 0.25) is 0 Å². The highest BCUT2D eigenvalue weighted by Crippen LogP contribution is 2.28. The number of carbonyl (C=O) groups is 3. The van der Waals surface area contributed by atoms with Gasteiger partial charge in [-0.25, -0.2) is 4.79 Å². The summed E-state index contributed by atoms with van der Waals surface area (Å²) in [5.74, 6) is -0.934. The summed E-state index contributed by atoms with van der Waals surface area (Å²) in [6, 6.07) is -0.275. The molecule has 2 atom stereocenters. The van der Waals surface area contributed by atoms with Crippen molar-refractivity contribution in [1.29, 1.82) is 0 Å². The van der Waals surface area contributed by atoms with E-state index >= 15 is 0 Å². The van der Waals surface area contributed by atoms with Gasteiger partial charge in [0.15, 0.2) is 0 Å². The first-order valence-corrected chi connectivity index (χ1v) is 9.31. The van der Waals surface area contributed by atoms with Crippen LogP contribution in [0, 0.1) is 5.92 Å². The highest BCUT2D eigenvalue weighted by Gasteiger charge is 2.37. The second-order valence-corrected chi connectivity index (χ2v) is 8.57. The summed E-state index contributed by atoms with van der Waals surface area (Å²) in [6.45, 7) is 10.9. The molecule has 0 aromatic carbocycles. The van der Waals surface area contributed by atoms with Gasteiger partial charge >= 0.3 is 12.1 Å². The van der Waals surface area contributed by atoms with E-state index < -0.39 is 23.3 Å². The predicted octanol–water partition coefficient (Wildman–Crippen LogP) is 2.87. The molecule has 7 nitrogen and oxygen atoms in total. The fourth-order valence-corrected chi connectivity index (χ4v) is 2.85. The van der Waals surface area contributed by atoms with Crippen molar-refractivity contribution < 1.29 is 23.9 Å². The quantitative estimate of drug-likeness (QED) is 0.727. The molecule has 1 fully saturated rings. The van der Waals surface area contributed by atoms with E-state index in [-0.39, 0.29) is 24.4 Å². The van der Waals surface area contributed by atoms with Gasteiger partial charge in [0.25, 0.3) is 0 Å². The third-order valence-corrected chi connectivity index (χ3v) is 4.52. The zero-order chi connectivity index (χ0) is 20.1. The maximum Gasteiger partial charge on any atom is 0.407 e. The lowest BCUT2D eigenvalue weighted by atomic mass is 10.0. The van der Waals surface area contributed by atoms with Gasteiger partial charge in [-0.15, -0.1) is 0 Å². The molecule has 0 heterocycles. The number of ether oxygens (including phenoxy) is 2. The van der Waals surface area contributed by atoms with Crippen LogP contribution in [0.3, 0.4) is 0 Å². The average Bonchev–Trinajstić information content (AvgIpc) is 2.91. The standard InChI is InChI=1S/C19H34N2O5/c1-8-19(5,6)25-15(22)12-21(7)16(23)13-10-9-11-14(13)20-17(24)26-18(2,3)4/h13-14H,8-12H2,1-7H3,(H,20,24)/t13-,14-/m1/s1. The van der Waals surface area contributed by atoms with Crippen molar-refractivity contribution in [2.75, 3.05) is 13.6 Å². The maximum atomic E-state index is 12.7. The van der Waals surface area contributed by atoms with E-state index in [1.165, 1.54) is 4.90 Å².